The molecule has 0 aliphatic heterocycles. The van der Waals surface area contributed by atoms with Crippen molar-refractivity contribution < 1.29 is 27.8 Å². The van der Waals surface area contributed by atoms with Gasteiger partial charge in [0, 0.05) is 16.7 Å². The predicted molar refractivity (Wildman–Crippen MR) is 117 cm³/mol. The average molecular weight is 451 g/mol. The maximum atomic E-state index is 13.2. The zero-order chi connectivity index (χ0) is 24.1. The molecule has 4 N–H and O–H groups in total. The van der Waals surface area contributed by atoms with E-state index >= 15 is 0 Å². The molecule has 174 valence electrons. The van der Waals surface area contributed by atoms with Crippen LogP contribution in [0.5, 0.6) is 11.5 Å². The van der Waals surface area contributed by atoms with Gasteiger partial charge >= 0.3 is 6.18 Å². The molecule has 2 rings (SSSR count). The number of nitrogens with one attached hydrogen (secondary N) is 1. The normalized spacial score (nSPS) is 12.4. The Bertz CT molecular complexity index is 970. The van der Waals surface area contributed by atoms with E-state index in [9.17, 15) is 23.1 Å². The van der Waals surface area contributed by atoms with Gasteiger partial charge < -0.3 is 15.6 Å². The highest BCUT2D eigenvalue weighted by Crippen LogP contribution is 2.41. The molecule has 1 atom stereocenters. The monoisotopic (exact) mass is 450 g/mol. The van der Waals surface area contributed by atoms with Gasteiger partial charge in [0.25, 0.3) is 5.91 Å². The second-order valence-electron chi connectivity index (χ2n) is 7.61. The third-order valence-corrected chi connectivity index (χ3v) is 5.18. The largest absolute Gasteiger partial charge is 0.507 e. The second kappa shape index (κ2) is 10.5. The van der Waals surface area contributed by atoms with Crippen molar-refractivity contribution in [2.24, 2.45) is 5.73 Å². The van der Waals surface area contributed by atoms with Crippen molar-refractivity contribution in [2.45, 2.75) is 65.2 Å². The van der Waals surface area contributed by atoms with E-state index in [1.54, 1.807) is 19.1 Å². The van der Waals surface area contributed by atoms with Gasteiger partial charge in [0.05, 0.1) is 0 Å². The second-order valence-corrected chi connectivity index (χ2v) is 7.61. The number of phenols is 1. The lowest BCUT2D eigenvalue weighted by Crippen LogP contribution is -2.27. The van der Waals surface area contributed by atoms with Crippen molar-refractivity contribution in [3.63, 3.8) is 0 Å². The SMILES string of the molecule is CCCc1cc(C(=N)C(F)(F)F)c(O)c(CCC)c1OC(C(N)=O)c1ccc(CC)cc1. The Morgan fingerprint density at radius 1 is 1.12 bits per heavy atom. The molecule has 1 amide bonds. The standard InChI is InChI=1S/C24H29F3N2O3/c1-4-7-16-13-18(22(28)24(25,26)27)19(30)17(8-5-2)20(16)32-21(23(29)31)15-11-9-14(6-3)10-12-15/h9-13,21,28,30H,4-8H2,1-3H3,(H2,29,31). The van der Waals surface area contributed by atoms with E-state index < -0.39 is 35.2 Å². The molecular weight excluding hydrogens is 421 g/mol. The number of hydrogen-bond acceptors (Lipinski definition) is 4. The summed E-state index contributed by atoms with van der Waals surface area (Å²) in [5.74, 6) is -1.27. The molecule has 0 aliphatic carbocycles. The van der Waals surface area contributed by atoms with E-state index in [2.05, 4.69) is 0 Å². The summed E-state index contributed by atoms with van der Waals surface area (Å²) >= 11 is 0. The van der Waals surface area contributed by atoms with Crippen molar-refractivity contribution in [1.29, 1.82) is 5.41 Å². The van der Waals surface area contributed by atoms with Crippen LogP contribution in [0.25, 0.3) is 0 Å². The van der Waals surface area contributed by atoms with Crippen molar-refractivity contribution >= 4 is 11.6 Å². The minimum atomic E-state index is -4.91. The van der Waals surface area contributed by atoms with Crippen LogP contribution in [0.4, 0.5) is 13.2 Å². The van der Waals surface area contributed by atoms with E-state index in [1.807, 2.05) is 26.0 Å². The summed E-state index contributed by atoms with van der Waals surface area (Å²) in [4.78, 5) is 12.2. The fourth-order valence-electron chi connectivity index (χ4n) is 3.54. The number of ether oxygens (including phenoxy) is 1. The molecule has 0 aromatic heterocycles. The first kappa shape index (κ1) is 25.2. The van der Waals surface area contributed by atoms with Gasteiger partial charge in [0.1, 0.15) is 17.2 Å². The molecule has 32 heavy (non-hydrogen) atoms. The van der Waals surface area contributed by atoms with E-state index in [0.29, 0.717) is 30.4 Å². The highest BCUT2D eigenvalue weighted by molar-refractivity contribution is 6.05. The Kier molecular flexibility index (Phi) is 8.30. The fourth-order valence-corrected chi connectivity index (χ4v) is 3.54. The summed E-state index contributed by atoms with van der Waals surface area (Å²) in [6, 6.07) is 8.27. The van der Waals surface area contributed by atoms with Crippen molar-refractivity contribution in [3.8, 4) is 11.5 Å². The number of benzene rings is 2. The summed E-state index contributed by atoms with van der Waals surface area (Å²) in [6.07, 6.45) is -3.66. The van der Waals surface area contributed by atoms with Gasteiger partial charge in [-0.2, -0.15) is 13.2 Å². The highest BCUT2D eigenvalue weighted by Gasteiger charge is 2.38. The summed E-state index contributed by atoms with van der Waals surface area (Å²) in [5, 5.41) is 18.2. The minimum Gasteiger partial charge on any atom is -0.507 e. The first-order chi connectivity index (χ1) is 15.0. The first-order valence-corrected chi connectivity index (χ1v) is 10.6. The van der Waals surface area contributed by atoms with Crippen LogP contribution in [0.3, 0.4) is 0 Å². The smallest absolute Gasteiger partial charge is 0.433 e. The van der Waals surface area contributed by atoms with Gasteiger partial charge in [-0.05, 0) is 36.5 Å². The van der Waals surface area contributed by atoms with Crippen LogP contribution >= 0.6 is 0 Å². The number of phenolic OH excluding ortho intramolecular Hbond substituents is 1. The number of aromatic hydroxyl groups is 1. The Labute approximate surface area is 185 Å². The molecule has 2 aromatic carbocycles. The molecule has 8 heteroatoms. The zero-order valence-corrected chi connectivity index (χ0v) is 18.5. The number of alkyl halides is 3. The number of amides is 1. The average Bonchev–Trinajstić information content (AvgIpc) is 2.74. The maximum Gasteiger partial charge on any atom is 0.433 e. The summed E-state index contributed by atoms with van der Waals surface area (Å²) < 4.78 is 45.7. The molecule has 0 bridgehead atoms. The lowest BCUT2D eigenvalue weighted by Gasteiger charge is -2.24. The number of primary amides is 1. The Morgan fingerprint density at radius 2 is 1.72 bits per heavy atom. The van der Waals surface area contributed by atoms with Crippen LogP contribution in [0.15, 0.2) is 30.3 Å². The van der Waals surface area contributed by atoms with Crippen molar-refractivity contribution in [3.05, 3.63) is 58.1 Å². The van der Waals surface area contributed by atoms with Crippen molar-refractivity contribution in [1.82, 2.24) is 0 Å². The number of hydrogen-bond donors (Lipinski definition) is 3. The Morgan fingerprint density at radius 3 is 2.19 bits per heavy atom. The van der Waals surface area contributed by atoms with Crippen LogP contribution < -0.4 is 10.5 Å². The molecule has 0 fully saturated rings. The summed E-state index contributed by atoms with van der Waals surface area (Å²) in [6.45, 7) is 5.65. The van der Waals surface area contributed by atoms with E-state index in [4.69, 9.17) is 15.9 Å². The number of carbonyl (C=O) groups excluding carboxylic acids is 1. The topological polar surface area (TPSA) is 96.4 Å². The van der Waals surface area contributed by atoms with E-state index in [0.717, 1.165) is 18.1 Å². The van der Waals surface area contributed by atoms with Crippen molar-refractivity contribution in [2.75, 3.05) is 0 Å². The Balaban J connectivity index is 2.66. The summed E-state index contributed by atoms with van der Waals surface area (Å²) in [7, 11) is 0. The predicted octanol–water partition coefficient (Wildman–Crippen LogP) is 5.40. The molecule has 0 spiro atoms. The van der Waals surface area contributed by atoms with Crippen LogP contribution in [0.2, 0.25) is 0 Å². The molecule has 0 saturated carbocycles. The molecule has 0 radical (unpaired) electrons. The third kappa shape index (κ3) is 5.60. The molecular formula is C24H29F3N2O3. The number of aryl methyl sites for hydroxylation is 2. The lowest BCUT2D eigenvalue weighted by molar-refractivity contribution is -0.125. The zero-order valence-electron chi connectivity index (χ0n) is 18.5. The third-order valence-electron chi connectivity index (χ3n) is 5.18. The summed E-state index contributed by atoms with van der Waals surface area (Å²) in [5.41, 5.74) is 5.46. The van der Waals surface area contributed by atoms with Crippen LogP contribution in [0, 0.1) is 5.41 Å². The number of nitrogens with two attached hydrogens (primary N) is 1. The first-order valence-electron chi connectivity index (χ1n) is 10.6. The van der Waals surface area contributed by atoms with Crippen LogP contribution in [-0.2, 0) is 24.1 Å². The molecule has 0 saturated heterocycles. The molecule has 5 nitrogen and oxygen atoms in total. The van der Waals surface area contributed by atoms with Gasteiger partial charge in [0.15, 0.2) is 0 Å². The van der Waals surface area contributed by atoms with Gasteiger partial charge in [-0.25, -0.2) is 0 Å². The molecule has 0 aliphatic rings. The maximum absolute atomic E-state index is 13.2. The van der Waals surface area contributed by atoms with Gasteiger partial charge in [-0.3, -0.25) is 10.2 Å². The quantitative estimate of drug-likeness (QED) is 0.423. The number of rotatable bonds is 10. The molecule has 1 unspecified atom stereocenters. The number of carbonyl (C=O) groups is 1. The minimum absolute atomic E-state index is 0.138. The van der Waals surface area contributed by atoms with Gasteiger partial charge in [-0.1, -0.05) is 57.9 Å². The molecule has 0 heterocycles. The van der Waals surface area contributed by atoms with Gasteiger partial charge in [0.2, 0.25) is 6.10 Å². The van der Waals surface area contributed by atoms with Gasteiger partial charge in [-0.15, -0.1) is 0 Å². The van der Waals surface area contributed by atoms with Crippen LogP contribution in [0.1, 0.15) is 67.5 Å². The lowest BCUT2D eigenvalue weighted by atomic mass is 9.94. The van der Waals surface area contributed by atoms with E-state index in [-0.39, 0.29) is 17.7 Å². The number of halogens is 3. The van der Waals surface area contributed by atoms with E-state index in [1.165, 1.54) is 0 Å². The molecule has 2 aromatic rings. The highest BCUT2D eigenvalue weighted by atomic mass is 19.4. The Hall–Kier alpha value is -3.03. The fraction of sp³-hybridized carbons (Fsp3) is 0.417. The van der Waals surface area contributed by atoms with Crippen LogP contribution in [-0.4, -0.2) is 22.9 Å².